The van der Waals surface area contributed by atoms with Gasteiger partial charge in [-0.3, -0.25) is 4.79 Å². The van der Waals surface area contributed by atoms with Gasteiger partial charge in [-0.15, -0.1) is 0 Å². The third-order valence-electron chi connectivity index (χ3n) is 3.98. The van der Waals surface area contributed by atoms with Gasteiger partial charge in [0.05, 0.1) is 0 Å². The van der Waals surface area contributed by atoms with Gasteiger partial charge < -0.3 is 4.90 Å². The monoisotopic (exact) mass is 189 g/mol. The molecule has 2 nitrogen and oxygen atoms in total. The van der Waals surface area contributed by atoms with Gasteiger partial charge in [0.2, 0.25) is 5.91 Å². The summed E-state index contributed by atoms with van der Waals surface area (Å²) in [6.07, 6.45) is 2.93. The molecule has 3 atom stereocenters. The van der Waals surface area contributed by atoms with E-state index >= 15 is 0 Å². The first kappa shape index (κ1) is 9.82. The molecule has 0 spiro atoms. The highest BCUT2D eigenvalue weighted by Gasteiger charge is 2.54. The van der Waals surface area contributed by atoms with Crippen molar-refractivity contribution in [1.82, 2.24) is 4.90 Å². The summed E-state index contributed by atoms with van der Waals surface area (Å²) in [5.41, 5.74) is 0.887. The van der Waals surface area contributed by atoms with Gasteiger partial charge >= 0.3 is 0 Å². The summed E-state index contributed by atoms with van der Waals surface area (Å²) in [5.74, 6) is 0.558. The Morgan fingerprint density at radius 2 is 2.21 bits per heavy atom. The van der Waals surface area contributed by atoms with E-state index in [1.807, 2.05) is 18.7 Å². The number of carbonyl (C=O) groups excluding carboxylic acids is 1. The van der Waals surface area contributed by atoms with Gasteiger partial charge in [-0.25, -0.2) is 0 Å². The zero-order chi connectivity index (χ0) is 10.5. The number of carbonyl (C=O) groups is 1. The van der Waals surface area contributed by atoms with Gasteiger partial charge in [0.1, 0.15) is 7.85 Å². The van der Waals surface area contributed by atoms with Crippen LogP contribution in [0.3, 0.4) is 0 Å². The van der Waals surface area contributed by atoms with Gasteiger partial charge in [0, 0.05) is 17.9 Å². The number of hydrogen-bond donors (Lipinski definition) is 0. The fraction of sp³-hybridized carbons (Fsp3) is 0.727. The number of nitrogens with zero attached hydrogens (tertiary/aromatic N) is 1. The molecule has 3 heteroatoms. The number of allylic oxidation sites excluding steroid dienone is 1. The van der Waals surface area contributed by atoms with Crippen LogP contribution in [0.2, 0.25) is 0 Å². The first-order chi connectivity index (χ1) is 6.50. The molecule has 2 rings (SSSR count). The van der Waals surface area contributed by atoms with E-state index < -0.39 is 5.44 Å². The molecule has 0 saturated carbocycles. The lowest BCUT2D eigenvalue weighted by Crippen LogP contribution is -2.43. The van der Waals surface area contributed by atoms with Gasteiger partial charge in [0.25, 0.3) is 0 Å². The van der Waals surface area contributed by atoms with Crippen LogP contribution in [0.25, 0.3) is 0 Å². The summed E-state index contributed by atoms with van der Waals surface area (Å²) in [5, 5.41) is 0. The summed E-state index contributed by atoms with van der Waals surface area (Å²) in [7, 11) is 6.32. The SMILES string of the molecule is [B]C12C/C(=C/C)CN1C(=O)C(C)C2C. The molecule has 2 heterocycles. The Kier molecular flexibility index (Phi) is 2.02. The molecule has 1 amide bonds. The molecule has 0 aromatic carbocycles. The molecule has 3 unspecified atom stereocenters. The summed E-state index contributed by atoms with van der Waals surface area (Å²) in [6, 6.07) is 0. The zero-order valence-electron chi connectivity index (χ0n) is 9.08. The first-order valence-electron chi connectivity index (χ1n) is 5.25. The summed E-state index contributed by atoms with van der Waals surface area (Å²) in [6.45, 7) is 6.82. The fourth-order valence-corrected chi connectivity index (χ4v) is 2.64. The van der Waals surface area contributed by atoms with Crippen LogP contribution < -0.4 is 0 Å². The number of amides is 1. The molecule has 2 aliphatic rings. The van der Waals surface area contributed by atoms with Crippen molar-refractivity contribution in [3.05, 3.63) is 11.6 Å². The minimum absolute atomic E-state index is 0.0819. The van der Waals surface area contributed by atoms with Crippen LogP contribution in [-0.2, 0) is 4.79 Å². The van der Waals surface area contributed by atoms with E-state index in [0.29, 0.717) is 0 Å². The van der Waals surface area contributed by atoms with Crippen molar-refractivity contribution in [2.75, 3.05) is 6.54 Å². The Hall–Kier alpha value is -0.725. The average Bonchev–Trinajstić information content (AvgIpc) is 2.59. The zero-order valence-corrected chi connectivity index (χ0v) is 9.08. The van der Waals surface area contributed by atoms with Crippen molar-refractivity contribution in [3.8, 4) is 0 Å². The second kappa shape index (κ2) is 2.88. The molecule has 0 aromatic rings. The molecule has 0 N–H and O–H groups in total. The number of hydrogen-bond acceptors (Lipinski definition) is 1. The van der Waals surface area contributed by atoms with E-state index in [1.165, 1.54) is 5.57 Å². The summed E-state index contributed by atoms with van der Waals surface area (Å²) >= 11 is 0. The third kappa shape index (κ3) is 1.01. The Bertz CT molecular complexity index is 312. The second-order valence-corrected chi connectivity index (χ2v) is 4.62. The minimum atomic E-state index is -0.404. The molecule has 2 aliphatic heterocycles. The fourth-order valence-electron chi connectivity index (χ4n) is 2.64. The van der Waals surface area contributed by atoms with Crippen LogP contribution in [0, 0.1) is 11.8 Å². The normalized spacial score (nSPS) is 44.9. The Labute approximate surface area is 86.8 Å². The Morgan fingerprint density at radius 1 is 1.57 bits per heavy atom. The molecule has 0 aliphatic carbocycles. The van der Waals surface area contributed by atoms with Crippen molar-refractivity contribution >= 4 is 13.8 Å². The predicted molar refractivity (Wildman–Crippen MR) is 56.9 cm³/mol. The van der Waals surface area contributed by atoms with Crippen molar-refractivity contribution < 1.29 is 4.79 Å². The molecule has 2 fully saturated rings. The summed E-state index contributed by atoms with van der Waals surface area (Å²) < 4.78 is 0. The molecule has 0 bridgehead atoms. The smallest absolute Gasteiger partial charge is 0.225 e. The minimum Gasteiger partial charge on any atom is -0.341 e. The molecule has 2 saturated heterocycles. The quantitative estimate of drug-likeness (QED) is 0.415. The number of rotatable bonds is 0. The van der Waals surface area contributed by atoms with E-state index in [4.69, 9.17) is 7.85 Å². The highest BCUT2D eigenvalue weighted by atomic mass is 16.2. The lowest BCUT2D eigenvalue weighted by Gasteiger charge is -2.31. The van der Waals surface area contributed by atoms with Crippen LogP contribution in [0.1, 0.15) is 27.2 Å². The standard InChI is InChI=1S/C11H16BNO/c1-4-9-5-11(12)8(3)7(2)10(14)13(11)6-9/h4,7-8H,5-6H2,1-3H3/b9-4-. The Balaban J connectivity index is 2.36. The highest BCUT2D eigenvalue weighted by molar-refractivity contribution is 6.19. The van der Waals surface area contributed by atoms with Gasteiger partial charge in [0.15, 0.2) is 0 Å². The largest absolute Gasteiger partial charge is 0.341 e. The average molecular weight is 189 g/mol. The van der Waals surface area contributed by atoms with Crippen molar-refractivity contribution in [3.63, 3.8) is 0 Å². The third-order valence-corrected chi connectivity index (χ3v) is 3.98. The van der Waals surface area contributed by atoms with E-state index in [9.17, 15) is 4.79 Å². The molecule has 2 radical (unpaired) electrons. The van der Waals surface area contributed by atoms with E-state index in [2.05, 4.69) is 13.0 Å². The van der Waals surface area contributed by atoms with E-state index in [1.54, 1.807) is 0 Å². The van der Waals surface area contributed by atoms with Crippen molar-refractivity contribution in [2.45, 2.75) is 32.6 Å². The summed E-state index contributed by atoms with van der Waals surface area (Å²) in [4.78, 5) is 13.7. The van der Waals surface area contributed by atoms with Crippen LogP contribution in [0.15, 0.2) is 11.6 Å². The molecular formula is C11H16BNO. The second-order valence-electron chi connectivity index (χ2n) is 4.62. The van der Waals surface area contributed by atoms with Crippen LogP contribution in [-0.4, -0.2) is 30.6 Å². The topological polar surface area (TPSA) is 20.3 Å². The molecule has 74 valence electrons. The lowest BCUT2D eigenvalue weighted by molar-refractivity contribution is -0.131. The predicted octanol–water partition coefficient (Wildman–Crippen LogP) is 1.32. The Morgan fingerprint density at radius 3 is 2.71 bits per heavy atom. The number of fused-ring (bicyclic) bond motifs is 1. The maximum atomic E-state index is 11.9. The van der Waals surface area contributed by atoms with E-state index in [-0.39, 0.29) is 17.7 Å². The van der Waals surface area contributed by atoms with Crippen molar-refractivity contribution in [1.29, 1.82) is 0 Å². The van der Waals surface area contributed by atoms with Gasteiger partial charge in [-0.1, -0.05) is 25.5 Å². The highest BCUT2D eigenvalue weighted by Crippen LogP contribution is 2.45. The van der Waals surface area contributed by atoms with E-state index in [0.717, 1.165) is 13.0 Å². The first-order valence-corrected chi connectivity index (χ1v) is 5.25. The van der Waals surface area contributed by atoms with Crippen LogP contribution >= 0.6 is 0 Å². The van der Waals surface area contributed by atoms with Crippen LogP contribution in [0.4, 0.5) is 0 Å². The van der Waals surface area contributed by atoms with Gasteiger partial charge in [-0.2, -0.15) is 0 Å². The molecule has 0 aromatic heterocycles. The lowest BCUT2D eigenvalue weighted by atomic mass is 9.66. The molecular weight excluding hydrogens is 173 g/mol. The molecule has 14 heavy (non-hydrogen) atoms. The van der Waals surface area contributed by atoms with Crippen molar-refractivity contribution in [2.24, 2.45) is 11.8 Å². The maximum Gasteiger partial charge on any atom is 0.225 e. The van der Waals surface area contributed by atoms with Gasteiger partial charge in [-0.05, 0) is 19.3 Å². The maximum absolute atomic E-state index is 11.9. The van der Waals surface area contributed by atoms with Crippen LogP contribution in [0.5, 0.6) is 0 Å².